The number of aromatic amines is 2. The van der Waals surface area contributed by atoms with Crippen LogP contribution in [0.3, 0.4) is 0 Å². The first-order valence-electron chi connectivity index (χ1n) is 8.06. The van der Waals surface area contributed by atoms with E-state index < -0.39 is 0 Å². The van der Waals surface area contributed by atoms with Gasteiger partial charge in [-0.05, 0) is 49.3 Å². The van der Waals surface area contributed by atoms with Crippen LogP contribution in [0.25, 0.3) is 11.0 Å². The summed E-state index contributed by atoms with van der Waals surface area (Å²) in [5, 5.41) is 3.78. The molecule has 0 aliphatic heterocycles. The van der Waals surface area contributed by atoms with Gasteiger partial charge in [-0.25, -0.2) is 4.79 Å². The van der Waals surface area contributed by atoms with E-state index in [0.29, 0.717) is 12.1 Å². The number of aromatic nitrogens is 2. The standard InChI is InChI=1S/C17H25N3O/c1-4-12-5-7-14(10(12)2)18-11(3)13-6-8-15-16(9-13)20-17(21)19-15/h6,8-12,14,18H,4-5,7H2,1-3H3,(H2,19,20,21). The van der Waals surface area contributed by atoms with Crippen LogP contribution in [-0.4, -0.2) is 16.0 Å². The fraction of sp³-hybridized carbons (Fsp3) is 0.588. The predicted octanol–water partition coefficient (Wildman–Crippen LogP) is 3.33. The molecule has 0 amide bonds. The highest BCUT2D eigenvalue weighted by atomic mass is 16.1. The molecule has 0 radical (unpaired) electrons. The SMILES string of the molecule is CCC1CCC(NC(C)c2ccc3[nH]c(=O)[nH]c3c2)C1C. The molecule has 1 aliphatic carbocycles. The summed E-state index contributed by atoms with van der Waals surface area (Å²) < 4.78 is 0. The number of benzene rings is 1. The van der Waals surface area contributed by atoms with E-state index >= 15 is 0 Å². The summed E-state index contributed by atoms with van der Waals surface area (Å²) in [5.74, 6) is 1.60. The minimum absolute atomic E-state index is 0.141. The van der Waals surface area contributed by atoms with Gasteiger partial charge in [-0.3, -0.25) is 0 Å². The Bertz CT molecular complexity index is 672. The number of fused-ring (bicyclic) bond motifs is 1. The van der Waals surface area contributed by atoms with Crippen molar-refractivity contribution in [1.82, 2.24) is 15.3 Å². The molecule has 1 aromatic carbocycles. The van der Waals surface area contributed by atoms with Gasteiger partial charge in [-0.2, -0.15) is 0 Å². The summed E-state index contributed by atoms with van der Waals surface area (Å²) in [6.45, 7) is 6.87. The summed E-state index contributed by atoms with van der Waals surface area (Å²) in [6.07, 6.45) is 3.89. The Morgan fingerprint density at radius 1 is 1.29 bits per heavy atom. The van der Waals surface area contributed by atoms with Gasteiger partial charge in [-0.15, -0.1) is 0 Å². The van der Waals surface area contributed by atoms with Crippen LogP contribution in [-0.2, 0) is 0 Å². The second kappa shape index (κ2) is 5.68. The average Bonchev–Trinajstić information content (AvgIpc) is 3.00. The first-order valence-corrected chi connectivity index (χ1v) is 8.06. The lowest BCUT2D eigenvalue weighted by Crippen LogP contribution is -2.34. The molecule has 1 aromatic heterocycles. The third-order valence-corrected chi connectivity index (χ3v) is 5.26. The van der Waals surface area contributed by atoms with Crippen LogP contribution in [0.2, 0.25) is 0 Å². The van der Waals surface area contributed by atoms with E-state index in [-0.39, 0.29) is 5.69 Å². The summed E-state index contributed by atoms with van der Waals surface area (Å²) in [5.41, 5.74) is 2.84. The third kappa shape index (κ3) is 2.77. The highest BCUT2D eigenvalue weighted by Crippen LogP contribution is 2.35. The minimum atomic E-state index is -0.141. The van der Waals surface area contributed by atoms with Crippen LogP contribution in [0.4, 0.5) is 0 Å². The molecule has 1 heterocycles. The minimum Gasteiger partial charge on any atom is -0.307 e. The highest BCUT2D eigenvalue weighted by Gasteiger charge is 2.32. The Labute approximate surface area is 125 Å². The van der Waals surface area contributed by atoms with Crippen LogP contribution in [0.15, 0.2) is 23.0 Å². The quantitative estimate of drug-likeness (QED) is 0.807. The van der Waals surface area contributed by atoms with Crippen molar-refractivity contribution in [3.8, 4) is 0 Å². The van der Waals surface area contributed by atoms with Gasteiger partial charge in [0.2, 0.25) is 0 Å². The van der Waals surface area contributed by atoms with Gasteiger partial charge in [0.1, 0.15) is 0 Å². The van der Waals surface area contributed by atoms with Crippen LogP contribution in [0.1, 0.15) is 51.6 Å². The fourth-order valence-corrected chi connectivity index (χ4v) is 3.80. The van der Waals surface area contributed by atoms with Gasteiger partial charge in [0.15, 0.2) is 0 Å². The molecular formula is C17H25N3O. The molecule has 4 atom stereocenters. The first kappa shape index (κ1) is 14.4. The summed E-state index contributed by atoms with van der Waals surface area (Å²) in [7, 11) is 0. The van der Waals surface area contributed by atoms with Gasteiger partial charge in [0.25, 0.3) is 0 Å². The van der Waals surface area contributed by atoms with Gasteiger partial charge in [0, 0.05) is 12.1 Å². The lowest BCUT2D eigenvalue weighted by molar-refractivity contribution is 0.327. The molecular weight excluding hydrogens is 262 g/mol. The Morgan fingerprint density at radius 3 is 2.76 bits per heavy atom. The fourth-order valence-electron chi connectivity index (χ4n) is 3.80. The van der Waals surface area contributed by atoms with Crippen molar-refractivity contribution in [2.45, 2.75) is 52.1 Å². The molecule has 1 fully saturated rings. The van der Waals surface area contributed by atoms with Crippen molar-refractivity contribution in [3.63, 3.8) is 0 Å². The monoisotopic (exact) mass is 287 g/mol. The van der Waals surface area contributed by atoms with Crippen molar-refractivity contribution in [1.29, 1.82) is 0 Å². The van der Waals surface area contributed by atoms with Crippen LogP contribution in [0.5, 0.6) is 0 Å². The molecule has 0 bridgehead atoms. The molecule has 4 heteroatoms. The number of H-pyrrole nitrogens is 2. The van der Waals surface area contributed by atoms with Crippen molar-refractivity contribution >= 4 is 11.0 Å². The van der Waals surface area contributed by atoms with E-state index in [0.717, 1.165) is 22.9 Å². The van der Waals surface area contributed by atoms with E-state index in [2.05, 4.69) is 48.2 Å². The van der Waals surface area contributed by atoms with Gasteiger partial charge >= 0.3 is 5.69 Å². The molecule has 0 spiro atoms. The van der Waals surface area contributed by atoms with E-state index in [4.69, 9.17) is 0 Å². The van der Waals surface area contributed by atoms with E-state index in [1.165, 1.54) is 24.8 Å². The largest absolute Gasteiger partial charge is 0.323 e. The number of hydrogen-bond donors (Lipinski definition) is 3. The maximum atomic E-state index is 11.3. The van der Waals surface area contributed by atoms with Crippen molar-refractivity contribution in [2.75, 3.05) is 0 Å². The van der Waals surface area contributed by atoms with Crippen LogP contribution < -0.4 is 11.0 Å². The van der Waals surface area contributed by atoms with Gasteiger partial charge in [0.05, 0.1) is 11.0 Å². The molecule has 3 rings (SSSR count). The molecule has 2 aromatic rings. The maximum Gasteiger partial charge on any atom is 0.323 e. The van der Waals surface area contributed by atoms with Crippen molar-refractivity contribution in [3.05, 3.63) is 34.2 Å². The van der Waals surface area contributed by atoms with Crippen LogP contribution in [0, 0.1) is 11.8 Å². The smallest absolute Gasteiger partial charge is 0.307 e. The van der Waals surface area contributed by atoms with Gasteiger partial charge in [-0.1, -0.05) is 26.3 Å². The van der Waals surface area contributed by atoms with Crippen molar-refractivity contribution in [2.24, 2.45) is 11.8 Å². The molecule has 0 saturated heterocycles. The van der Waals surface area contributed by atoms with Gasteiger partial charge < -0.3 is 15.3 Å². The number of rotatable bonds is 4. The highest BCUT2D eigenvalue weighted by molar-refractivity contribution is 5.75. The molecule has 1 saturated carbocycles. The first-order chi connectivity index (χ1) is 10.1. The molecule has 4 unspecified atom stereocenters. The summed E-state index contributed by atoms with van der Waals surface area (Å²) in [6, 6.07) is 7.05. The average molecular weight is 287 g/mol. The predicted molar refractivity (Wildman–Crippen MR) is 86.4 cm³/mol. The summed E-state index contributed by atoms with van der Waals surface area (Å²) >= 11 is 0. The zero-order valence-electron chi connectivity index (χ0n) is 13.1. The lowest BCUT2D eigenvalue weighted by Gasteiger charge is -2.25. The third-order valence-electron chi connectivity index (χ3n) is 5.26. The Kier molecular flexibility index (Phi) is 3.89. The Balaban J connectivity index is 1.74. The number of nitrogens with one attached hydrogen (secondary N) is 3. The molecule has 114 valence electrons. The Hall–Kier alpha value is -1.55. The second-order valence-corrected chi connectivity index (χ2v) is 6.48. The summed E-state index contributed by atoms with van der Waals surface area (Å²) in [4.78, 5) is 17.0. The maximum absolute atomic E-state index is 11.3. The molecule has 21 heavy (non-hydrogen) atoms. The molecule has 4 nitrogen and oxygen atoms in total. The zero-order chi connectivity index (χ0) is 15.0. The van der Waals surface area contributed by atoms with E-state index in [9.17, 15) is 4.79 Å². The lowest BCUT2D eigenvalue weighted by atomic mass is 9.93. The molecule has 1 aliphatic rings. The zero-order valence-corrected chi connectivity index (χ0v) is 13.1. The topological polar surface area (TPSA) is 60.7 Å². The van der Waals surface area contributed by atoms with E-state index in [1.54, 1.807) is 0 Å². The van der Waals surface area contributed by atoms with Crippen molar-refractivity contribution < 1.29 is 0 Å². The van der Waals surface area contributed by atoms with Crippen LogP contribution >= 0.6 is 0 Å². The number of hydrogen-bond acceptors (Lipinski definition) is 2. The Morgan fingerprint density at radius 2 is 2.05 bits per heavy atom. The number of imidazole rings is 1. The van der Waals surface area contributed by atoms with E-state index in [1.807, 2.05) is 6.07 Å². The molecule has 3 N–H and O–H groups in total. The normalized spacial score (nSPS) is 27.3. The second-order valence-electron chi connectivity index (χ2n) is 6.48.